The van der Waals surface area contributed by atoms with E-state index < -0.39 is 0 Å². The van der Waals surface area contributed by atoms with Crippen LogP contribution in [0.3, 0.4) is 0 Å². The Labute approximate surface area is 120 Å². The van der Waals surface area contributed by atoms with Gasteiger partial charge in [0.2, 0.25) is 5.88 Å². The Morgan fingerprint density at radius 2 is 2.11 bits per heavy atom. The molecule has 0 atom stereocenters. The van der Waals surface area contributed by atoms with Gasteiger partial charge in [-0.3, -0.25) is 0 Å². The van der Waals surface area contributed by atoms with Gasteiger partial charge in [0.1, 0.15) is 5.75 Å². The number of aromatic nitrogens is 1. The molecular formula is C14H13BrClNO. The maximum atomic E-state index is 6.08. The van der Waals surface area contributed by atoms with E-state index in [1.54, 1.807) is 6.20 Å². The number of hydrogen-bond acceptors (Lipinski definition) is 2. The molecule has 4 heteroatoms. The normalized spacial score (nSPS) is 10.4. The Kier molecular flexibility index (Phi) is 4.25. The van der Waals surface area contributed by atoms with Gasteiger partial charge in [-0.25, -0.2) is 4.98 Å². The van der Waals surface area contributed by atoms with Crippen LogP contribution in [0.25, 0.3) is 0 Å². The molecule has 0 saturated carbocycles. The highest BCUT2D eigenvalue weighted by Crippen LogP contribution is 2.31. The summed E-state index contributed by atoms with van der Waals surface area (Å²) in [5, 5.41) is 0.765. The Morgan fingerprint density at radius 3 is 2.83 bits per heavy atom. The van der Waals surface area contributed by atoms with Crippen molar-refractivity contribution in [1.29, 1.82) is 0 Å². The Hall–Kier alpha value is -1.06. The first-order valence-electron chi connectivity index (χ1n) is 5.69. The highest BCUT2D eigenvalue weighted by atomic mass is 79.9. The fourth-order valence-corrected chi connectivity index (χ4v) is 2.15. The lowest BCUT2D eigenvalue weighted by atomic mass is 10.1. The van der Waals surface area contributed by atoms with Crippen LogP contribution in [0.5, 0.6) is 11.6 Å². The van der Waals surface area contributed by atoms with E-state index in [0.29, 0.717) is 5.88 Å². The van der Waals surface area contributed by atoms with Gasteiger partial charge >= 0.3 is 0 Å². The lowest BCUT2D eigenvalue weighted by Crippen LogP contribution is -1.92. The number of hydrogen-bond donors (Lipinski definition) is 0. The number of aryl methyl sites for hydroxylation is 2. The van der Waals surface area contributed by atoms with Crippen molar-refractivity contribution in [1.82, 2.24) is 4.98 Å². The molecule has 2 rings (SSSR count). The van der Waals surface area contributed by atoms with Crippen LogP contribution in [0, 0.1) is 6.92 Å². The van der Waals surface area contributed by atoms with Crippen LogP contribution < -0.4 is 4.74 Å². The molecule has 0 spiro atoms. The quantitative estimate of drug-likeness (QED) is 0.777. The van der Waals surface area contributed by atoms with Gasteiger partial charge in [0.25, 0.3) is 0 Å². The van der Waals surface area contributed by atoms with Crippen molar-refractivity contribution in [2.24, 2.45) is 0 Å². The number of ether oxygens (including phenoxy) is 1. The van der Waals surface area contributed by atoms with Crippen molar-refractivity contribution < 1.29 is 4.74 Å². The van der Waals surface area contributed by atoms with Crippen molar-refractivity contribution >= 4 is 27.5 Å². The second-order valence-electron chi connectivity index (χ2n) is 3.96. The highest BCUT2D eigenvalue weighted by molar-refractivity contribution is 9.10. The van der Waals surface area contributed by atoms with E-state index in [1.807, 2.05) is 31.2 Å². The largest absolute Gasteiger partial charge is 0.438 e. The topological polar surface area (TPSA) is 22.1 Å². The zero-order chi connectivity index (χ0) is 13.1. The van der Waals surface area contributed by atoms with E-state index in [-0.39, 0.29) is 0 Å². The van der Waals surface area contributed by atoms with E-state index in [9.17, 15) is 0 Å². The molecule has 0 aliphatic carbocycles. The molecule has 0 N–H and O–H groups in total. The fourth-order valence-electron chi connectivity index (χ4n) is 1.58. The van der Waals surface area contributed by atoms with Crippen molar-refractivity contribution in [3.05, 3.63) is 51.1 Å². The summed E-state index contributed by atoms with van der Waals surface area (Å²) >= 11 is 9.55. The number of rotatable bonds is 3. The molecule has 2 nitrogen and oxygen atoms in total. The van der Waals surface area contributed by atoms with Gasteiger partial charge in [-0.1, -0.05) is 18.5 Å². The van der Waals surface area contributed by atoms with Crippen LogP contribution in [0.1, 0.15) is 18.1 Å². The Bertz CT molecular complexity index is 572. The summed E-state index contributed by atoms with van der Waals surface area (Å²) in [6.07, 6.45) is 2.60. The lowest BCUT2D eigenvalue weighted by molar-refractivity contribution is 0.458. The summed E-state index contributed by atoms with van der Waals surface area (Å²) < 4.78 is 6.64. The molecule has 1 heterocycles. The van der Waals surface area contributed by atoms with Crippen LogP contribution >= 0.6 is 27.5 Å². The SMILES string of the molecule is CCc1cc(Oc2nccc(C)c2Br)ccc1Cl. The van der Waals surface area contributed by atoms with E-state index >= 15 is 0 Å². The fraction of sp³-hybridized carbons (Fsp3) is 0.214. The van der Waals surface area contributed by atoms with Crippen LogP contribution in [-0.2, 0) is 6.42 Å². The average molecular weight is 327 g/mol. The van der Waals surface area contributed by atoms with Crippen molar-refractivity contribution in [2.45, 2.75) is 20.3 Å². The smallest absolute Gasteiger partial charge is 0.233 e. The summed E-state index contributed by atoms with van der Waals surface area (Å²) in [4.78, 5) is 4.21. The molecule has 0 bridgehead atoms. The van der Waals surface area contributed by atoms with Gasteiger partial charge in [-0.15, -0.1) is 0 Å². The summed E-state index contributed by atoms with van der Waals surface area (Å²) in [6.45, 7) is 4.06. The third-order valence-corrected chi connectivity index (χ3v) is 4.00. The molecule has 1 aromatic carbocycles. The Morgan fingerprint density at radius 1 is 1.33 bits per heavy atom. The molecule has 0 radical (unpaired) electrons. The monoisotopic (exact) mass is 325 g/mol. The minimum atomic E-state index is 0.569. The molecular weight excluding hydrogens is 314 g/mol. The van der Waals surface area contributed by atoms with E-state index in [2.05, 4.69) is 27.8 Å². The van der Waals surface area contributed by atoms with Crippen LogP contribution in [0.15, 0.2) is 34.9 Å². The molecule has 0 amide bonds. The number of benzene rings is 1. The lowest BCUT2D eigenvalue weighted by Gasteiger charge is -2.09. The number of nitrogens with zero attached hydrogens (tertiary/aromatic N) is 1. The average Bonchev–Trinajstić information content (AvgIpc) is 2.37. The summed E-state index contributed by atoms with van der Waals surface area (Å²) in [5.74, 6) is 1.31. The Balaban J connectivity index is 2.31. The van der Waals surface area contributed by atoms with Gasteiger partial charge in [0.05, 0.1) is 4.47 Å². The van der Waals surface area contributed by atoms with Crippen LogP contribution in [0.4, 0.5) is 0 Å². The summed E-state index contributed by atoms with van der Waals surface area (Å²) in [6, 6.07) is 7.56. The van der Waals surface area contributed by atoms with Crippen molar-refractivity contribution in [3.8, 4) is 11.6 Å². The second kappa shape index (κ2) is 5.72. The van der Waals surface area contributed by atoms with Gasteiger partial charge in [0.15, 0.2) is 0 Å². The van der Waals surface area contributed by atoms with E-state index in [4.69, 9.17) is 16.3 Å². The zero-order valence-corrected chi connectivity index (χ0v) is 12.5. The van der Waals surface area contributed by atoms with Gasteiger partial charge < -0.3 is 4.74 Å². The van der Waals surface area contributed by atoms with Gasteiger partial charge in [-0.05, 0) is 64.7 Å². The molecule has 1 aromatic heterocycles. The van der Waals surface area contributed by atoms with E-state index in [1.165, 1.54) is 0 Å². The summed E-state index contributed by atoms with van der Waals surface area (Å²) in [7, 11) is 0. The van der Waals surface area contributed by atoms with E-state index in [0.717, 1.165) is 32.8 Å². The van der Waals surface area contributed by atoms with Gasteiger partial charge in [0, 0.05) is 11.2 Å². The second-order valence-corrected chi connectivity index (χ2v) is 5.16. The highest BCUT2D eigenvalue weighted by Gasteiger charge is 2.08. The predicted octanol–water partition coefficient (Wildman–Crippen LogP) is 5.16. The molecule has 94 valence electrons. The number of halogens is 2. The molecule has 0 aliphatic heterocycles. The molecule has 18 heavy (non-hydrogen) atoms. The first-order chi connectivity index (χ1) is 8.61. The number of pyridine rings is 1. The first kappa shape index (κ1) is 13.4. The maximum Gasteiger partial charge on any atom is 0.233 e. The minimum absolute atomic E-state index is 0.569. The molecule has 0 saturated heterocycles. The molecule has 2 aromatic rings. The third-order valence-electron chi connectivity index (χ3n) is 2.66. The zero-order valence-electron chi connectivity index (χ0n) is 10.2. The standard InChI is InChI=1S/C14H13BrClNO/c1-3-10-8-11(4-5-12(10)16)18-14-13(15)9(2)6-7-17-14/h4-8H,3H2,1-2H3. The first-order valence-corrected chi connectivity index (χ1v) is 6.86. The van der Waals surface area contributed by atoms with Gasteiger partial charge in [-0.2, -0.15) is 0 Å². The maximum absolute atomic E-state index is 6.08. The molecule has 0 aliphatic rings. The minimum Gasteiger partial charge on any atom is -0.438 e. The van der Waals surface area contributed by atoms with Crippen molar-refractivity contribution in [2.75, 3.05) is 0 Å². The molecule has 0 unspecified atom stereocenters. The van der Waals surface area contributed by atoms with Crippen LogP contribution in [0.2, 0.25) is 5.02 Å². The van der Waals surface area contributed by atoms with Crippen LogP contribution in [-0.4, -0.2) is 4.98 Å². The summed E-state index contributed by atoms with van der Waals surface area (Å²) in [5.41, 5.74) is 2.16. The molecule has 0 fully saturated rings. The third kappa shape index (κ3) is 2.85. The van der Waals surface area contributed by atoms with Crippen molar-refractivity contribution in [3.63, 3.8) is 0 Å². The predicted molar refractivity (Wildman–Crippen MR) is 77.6 cm³/mol.